The van der Waals surface area contributed by atoms with Gasteiger partial charge in [0, 0.05) is 22.3 Å². The molecule has 0 saturated carbocycles. The van der Waals surface area contributed by atoms with E-state index in [1.54, 1.807) is 24.3 Å². The summed E-state index contributed by atoms with van der Waals surface area (Å²) in [4.78, 5) is 24.3. The van der Waals surface area contributed by atoms with Crippen LogP contribution in [0, 0.1) is 0 Å². The number of para-hydroxylation sites is 2. The highest BCUT2D eigenvalue weighted by Crippen LogP contribution is 2.29. The Morgan fingerprint density at radius 1 is 0.750 bits per heavy atom. The average molecular weight is 370 g/mol. The second-order valence-corrected chi connectivity index (χ2v) is 6.29. The molecule has 0 unspecified atom stereocenters. The first-order valence-corrected chi connectivity index (χ1v) is 8.75. The van der Waals surface area contributed by atoms with Crippen molar-refractivity contribution in [3.8, 4) is 11.3 Å². The maximum absolute atomic E-state index is 12.2. The van der Waals surface area contributed by atoms with Gasteiger partial charge in [-0.1, -0.05) is 48.5 Å². The summed E-state index contributed by atoms with van der Waals surface area (Å²) >= 11 is 0. The second-order valence-electron chi connectivity index (χ2n) is 6.29. The molecule has 4 aromatic rings. The number of carbonyl (C=O) groups is 2. The molecule has 0 atom stereocenters. The van der Waals surface area contributed by atoms with Crippen molar-refractivity contribution in [3.05, 3.63) is 84.9 Å². The van der Waals surface area contributed by atoms with Gasteiger partial charge in [0.25, 0.3) is 0 Å². The zero-order valence-corrected chi connectivity index (χ0v) is 14.9. The first-order chi connectivity index (χ1) is 13.6. The predicted molar refractivity (Wildman–Crippen MR) is 111 cm³/mol. The van der Waals surface area contributed by atoms with Gasteiger partial charge < -0.3 is 16.4 Å². The van der Waals surface area contributed by atoms with E-state index >= 15 is 0 Å². The number of hydrogen-bond acceptors (Lipinski definition) is 2. The fourth-order valence-corrected chi connectivity index (χ4v) is 3.18. The second kappa shape index (κ2) is 7.28. The zero-order chi connectivity index (χ0) is 19.5. The molecule has 0 aliphatic carbocycles. The number of hydrogen-bond donors (Lipinski definition) is 3. The van der Waals surface area contributed by atoms with Gasteiger partial charge in [-0.3, -0.25) is 4.57 Å². The summed E-state index contributed by atoms with van der Waals surface area (Å²) in [6.45, 7) is 0. The van der Waals surface area contributed by atoms with Crippen LogP contribution >= 0.6 is 0 Å². The van der Waals surface area contributed by atoms with Gasteiger partial charge in [-0.15, -0.1) is 0 Å². The van der Waals surface area contributed by atoms with E-state index in [-0.39, 0.29) is 6.03 Å². The lowest BCUT2D eigenvalue weighted by Crippen LogP contribution is -2.20. The van der Waals surface area contributed by atoms with Gasteiger partial charge in [0.1, 0.15) is 0 Å². The Bertz CT molecular complexity index is 1170. The minimum Gasteiger partial charge on any atom is -0.351 e. The molecule has 1 aromatic heterocycles. The number of urea groups is 1. The highest BCUT2D eigenvalue weighted by Gasteiger charge is 2.14. The molecule has 138 valence electrons. The minimum absolute atomic E-state index is 0.348. The van der Waals surface area contributed by atoms with Crippen LogP contribution in [0.25, 0.3) is 22.2 Å². The molecule has 6 heteroatoms. The van der Waals surface area contributed by atoms with Crippen molar-refractivity contribution in [2.75, 3.05) is 10.6 Å². The average Bonchev–Trinajstić information content (AvgIpc) is 3.09. The summed E-state index contributed by atoms with van der Waals surface area (Å²) in [5, 5.41) is 6.49. The van der Waals surface area contributed by atoms with E-state index in [1.165, 1.54) is 4.57 Å². The highest BCUT2D eigenvalue weighted by molar-refractivity contribution is 6.01. The molecule has 0 saturated heterocycles. The molecule has 0 aliphatic heterocycles. The number of nitrogens with two attached hydrogens (primary N) is 1. The SMILES string of the molecule is NC(=O)n1c(-c2cccc(NC(=O)Nc3ccccc3)c2)cc2ccccc21. The summed E-state index contributed by atoms with van der Waals surface area (Å²) < 4.78 is 1.47. The largest absolute Gasteiger partial charge is 0.351 e. The van der Waals surface area contributed by atoms with Crippen molar-refractivity contribution in [1.29, 1.82) is 0 Å². The number of fused-ring (bicyclic) bond motifs is 1. The third kappa shape index (κ3) is 3.43. The molecule has 1 heterocycles. The lowest BCUT2D eigenvalue weighted by molar-refractivity contribution is 0.251. The van der Waals surface area contributed by atoms with E-state index in [4.69, 9.17) is 5.73 Å². The van der Waals surface area contributed by atoms with Crippen molar-refractivity contribution < 1.29 is 9.59 Å². The number of rotatable bonds is 3. The lowest BCUT2D eigenvalue weighted by atomic mass is 10.1. The molecule has 0 aliphatic rings. The summed E-state index contributed by atoms with van der Waals surface area (Å²) in [6, 6.07) is 25.0. The van der Waals surface area contributed by atoms with Crippen LogP contribution in [0.2, 0.25) is 0 Å². The number of nitrogens with zero attached hydrogens (tertiary/aromatic N) is 1. The molecule has 28 heavy (non-hydrogen) atoms. The Morgan fingerprint density at radius 2 is 1.43 bits per heavy atom. The van der Waals surface area contributed by atoms with Gasteiger partial charge in [-0.2, -0.15) is 0 Å². The Morgan fingerprint density at radius 3 is 2.21 bits per heavy atom. The summed E-state index contributed by atoms with van der Waals surface area (Å²) in [7, 11) is 0. The van der Waals surface area contributed by atoms with Crippen LogP contribution in [0.15, 0.2) is 84.9 Å². The van der Waals surface area contributed by atoms with Crippen LogP contribution in [0.1, 0.15) is 0 Å². The minimum atomic E-state index is -0.559. The van der Waals surface area contributed by atoms with Crippen LogP contribution in [-0.2, 0) is 0 Å². The van der Waals surface area contributed by atoms with E-state index < -0.39 is 6.03 Å². The van der Waals surface area contributed by atoms with E-state index in [2.05, 4.69) is 10.6 Å². The van der Waals surface area contributed by atoms with E-state index in [1.807, 2.05) is 60.7 Å². The molecule has 0 radical (unpaired) electrons. The standard InChI is InChI=1S/C22H18N4O2/c23-21(27)26-19-12-5-4-7-16(19)14-20(26)15-8-6-11-18(13-15)25-22(28)24-17-9-2-1-3-10-17/h1-14H,(H2,23,27)(H2,24,25,28). The quantitative estimate of drug-likeness (QED) is 0.480. The van der Waals surface area contributed by atoms with E-state index in [9.17, 15) is 9.59 Å². The van der Waals surface area contributed by atoms with Crippen LogP contribution in [-0.4, -0.2) is 16.6 Å². The number of carbonyl (C=O) groups excluding carboxylic acids is 2. The molecule has 4 rings (SSSR count). The van der Waals surface area contributed by atoms with Crippen molar-refractivity contribution in [2.45, 2.75) is 0 Å². The van der Waals surface area contributed by atoms with Crippen molar-refractivity contribution in [2.24, 2.45) is 5.73 Å². The number of aromatic nitrogens is 1. The monoisotopic (exact) mass is 370 g/mol. The van der Waals surface area contributed by atoms with Gasteiger partial charge in [0.05, 0.1) is 11.2 Å². The van der Waals surface area contributed by atoms with Crippen molar-refractivity contribution >= 4 is 34.3 Å². The highest BCUT2D eigenvalue weighted by atomic mass is 16.2. The van der Waals surface area contributed by atoms with E-state index in [0.717, 1.165) is 16.5 Å². The number of benzene rings is 3. The fraction of sp³-hybridized carbons (Fsp3) is 0. The van der Waals surface area contributed by atoms with Gasteiger partial charge in [0.2, 0.25) is 0 Å². The topological polar surface area (TPSA) is 89.2 Å². The molecule has 3 aromatic carbocycles. The van der Waals surface area contributed by atoms with Gasteiger partial charge in [0.15, 0.2) is 0 Å². The lowest BCUT2D eigenvalue weighted by Gasteiger charge is -2.10. The van der Waals surface area contributed by atoms with Gasteiger partial charge in [-0.05, 0) is 36.4 Å². The molecule has 3 amide bonds. The molecular weight excluding hydrogens is 352 g/mol. The number of anilines is 2. The maximum atomic E-state index is 12.2. The van der Waals surface area contributed by atoms with Crippen LogP contribution in [0.3, 0.4) is 0 Å². The van der Waals surface area contributed by atoms with E-state index in [0.29, 0.717) is 17.1 Å². The molecule has 0 spiro atoms. The molecule has 0 fully saturated rings. The molecule has 4 N–H and O–H groups in total. The third-order valence-corrected chi connectivity index (χ3v) is 4.38. The van der Waals surface area contributed by atoms with Crippen LogP contribution < -0.4 is 16.4 Å². The van der Waals surface area contributed by atoms with Crippen LogP contribution in [0.4, 0.5) is 21.0 Å². The number of nitrogens with one attached hydrogen (secondary N) is 2. The molecule has 0 bridgehead atoms. The summed E-state index contributed by atoms with van der Waals surface area (Å²) in [5.41, 5.74) is 9.09. The summed E-state index contributed by atoms with van der Waals surface area (Å²) in [5.74, 6) is 0. The zero-order valence-electron chi connectivity index (χ0n) is 14.9. The Hall–Kier alpha value is -4.06. The normalized spacial score (nSPS) is 10.6. The molecule has 6 nitrogen and oxygen atoms in total. The van der Waals surface area contributed by atoms with Gasteiger partial charge in [-0.25, -0.2) is 9.59 Å². The van der Waals surface area contributed by atoms with Crippen molar-refractivity contribution in [1.82, 2.24) is 4.57 Å². The van der Waals surface area contributed by atoms with Crippen molar-refractivity contribution in [3.63, 3.8) is 0 Å². The Labute approximate surface area is 161 Å². The third-order valence-electron chi connectivity index (χ3n) is 4.38. The number of primary amides is 1. The smallest absolute Gasteiger partial charge is 0.323 e. The predicted octanol–water partition coefficient (Wildman–Crippen LogP) is 4.88. The summed E-state index contributed by atoms with van der Waals surface area (Å²) in [6.07, 6.45) is 0. The first kappa shape index (κ1) is 17.4. The van der Waals surface area contributed by atoms with Gasteiger partial charge >= 0.3 is 12.1 Å². The first-order valence-electron chi connectivity index (χ1n) is 8.75. The van der Waals surface area contributed by atoms with Crippen LogP contribution in [0.5, 0.6) is 0 Å². The Kier molecular flexibility index (Phi) is 4.51. The fourth-order valence-electron chi connectivity index (χ4n) is 3.18. The Balaban J connectivity index is 1.64. The maximum Gasteiger partial charge on any atom is 0.323 e. The number of amides is 3. The molecular formula is C22H18N4O2.